The van der Waals surface area contributed by atoms with Crippen LogP contribution >= 0.6 is 23.8 Å². The first-order valence-electron chi connectivity index (χ1n) is 4.98. The lowest BCUT2D eigenvalue weighted by Gasteiger charge is -2.15. The van der Waals surface area contributed by atoms with Crippen LogP contribution in [-0.2, 0) is 4.74 Å². The first-order valence-corrected chi connectivity index (χ1v) is 5.77. The van der Waals surface area contributed by atoms with Crippen molar-refractivity contribution in [3.63, 3.8) is 0 Å². The summed E-state index contributed by atoms with van der Waals surface area (Å²) in [4.78, 5) is 13.6. The maximum atomic E-state index is 11.2. The molecule has 0 saturated carbocycles. The first kappa shape index (κ1) is 12.7. The summed E-state index contributed by atoms with van der Waals surface area (Å²) in [6, 6.07) is 0. The summed E-state index contributed by atoms with van der Waals surface area (Å²) in [5.41, 5.74) is -0.467. The predicted octanol–water partition coefficient (Wildman–Crippen LogP) is 0.200. The number of nitrogens with one attached hydrogen (secondary N) is 1. The van der Waals surface area contributed by atoms with Crippen LogP contribution in [0.5, 0.6) is 0 Å². The van der Waals surface area contributed by atoms with E-state index in [1.54, 1.807) is 0 Å². The van der Waals surface area contributed by atoms with Gasteiger partial charge in [0.1, 0.15) is 17.4 Å². The maximum absolute atomic E-state index is 11.2. The highest BCUT2D eigenvalue weighted by molar-refractivity contribution is 7.71. The Bertz CT molecular complexity index is 528. The SMILES string of the molecule is O=c1[nH]c(=S)n([C@H]2C[C@H](O)[C@@H](CO)O2)cc1Cl. The van der Waals surface area contributed by atoms with Gasteiger partial charge in [-0.3, -0.25) is 14.3 Å². The molecule has 3 N–H and O–H groups in total. The molecular formula is C9H11ClN2O4S. The molecule has 0 spiro atoms. The number of rotatable bonds is 2. The highest BCUT2D eigenvalue weighted by Crippen LogP contribution is 2.28. The zero-order valence-electron chi connectivity index (χ0n) is 8.67. The molecule has 1 fully saturated rings. The molecular weight excluding hydrogens is 268 g/mol. The Hall–Kier alpha value is -0.730. The smallest absolute Gasteiger partial charge is 0.270 e. The van der Waals surface area contributed by atoms with Gasteiger partial charge in [-0.1, -0.05) is 11.6 Å². The molecule has 0 radical (unpaired) electrons. The summed E-state index contributed by atoms with van der Waals surface area (Å²) in [5, 5.41) is 18.6. The van der Waals surface area contributed by atoms with Gasteiger partial charge in [0, 0.05) is 12.6 Å². The quantitative estimate of drug-likeness (QED) is 0.673. The van der Waals surface area contributed by atoms with Crippen molar-refractivity contribution >= 4 is 23.8 Å². The highest BCUT2D eigenvalue weighted by Gasteiger charge is 2.34. The summed E-state index contributed by atoms with van der Waals surface area (Å²) in [6.07, 6.45) is -0.309. The average molecular weight is 279 g/mol. The lowest BCUT2D eigenvalue weighted by atomic mass is 10.2. The Labute approximate surface area is 106 Å². The Kier molecular flexibility index (Phi) is 3.64. The van der Waals surface area contributed by atoms with E-state index in [9.17, 15) is 9.90 Å². The number of halogens is 1. The van der Waals surface area contributed by atoms with Crippen LogP contribution in [0.3, 0.4) is 0 Å². The minimum atomic E-state index is -0.766. The Morgan fingerprint density at radius 3 is 3.00 bits per heavy atom. The molecule has 1 aromatic rings. The molecule has 1 aliphatic rings. The van der Waals surface area contributed by atoms with Gasteiger partial charge in [0.15, 0.2) is 4.77 Å². The van der Waals surface area contributed by atoms with E-state index in [-0.39, 0.29) is 22.8 Å². The van der Waals surface area contributed by atoms with E-state index in [0.717, 1.165) is 0 Å². The van der Waals surface area contributed by atoms with Gasteiger partial charge < -0.3 is 14.9 Å². The molecule has 0 bridgehead atoms. The van der Waals surface area contributed by atoms with E-state index in [2.05, 4.69) is 4.98 Å². The third kappa shape index (κ3) is 2.43. The molecule has 94 valence electrons. The first-order chi connectivity index (χ1) is 8.02. The summed E-state index contributed by atoms with van der Waals surface area (Å²) in [7, 11) is 0. The monoisotopic (exact) mass is 278 g/mol. The van der Waals surface area contributed by atoms with Gasteiger partial charge >= 0.3 is 0 Å². The fraction of sp³-hybridized carbons (Fsp3) is 0.556. The van der Waals surface area contributed by atoms with Crippen molar-refractivity contribution in [1.82, 2.24) is 9.55 Å². The van der Waals surface area contributed by atoms with Crippen LogP contribution in [0.25, 0.3) is 0 Å². The third-order valence-electron chi connectivity index (χ3n) is 2.62. The van der Waals surface area contributed by atoms with Gasteiger partial charge in [-0.25, -0.2) is 0 Å². The lowest BCUT2D eigenvalue weighted by Crippen LogP contribution is -2.24. The van der Waals surface area contributed by atoms with Gasteiger partial charge in [-0.2, -0.15) is 0 Å². The van der Waals surface area contributed by atoms with Gasteiger partial charge in [0.05, 0.1) is 12.7 Å². The average Bonchev–Trinajstić information content (AvgIpc) is 2.65. The molecule has 0 amide bonds. The molecule has 2 rings (SSSR count). The van der Waals surface area contributed by atoms with Gasteiger partial charge in [-0.15, -0.1) is 0 Å². The van der Waals surface area contributed by atoms with E-state index < -0.39 is 24.0 Å². The minimum absolute atomic E-state index is 0.0101. The van der Waals surface area contributed by atoms with Crippen molar-refractivity contribution < 1.29 is 14.9 Å². The molecule has 0 aromatic carbocycles. The van der Waals surface area contributed by atoms with Crippen LogP contribution < -0.4 is 5.56 Å². The topological polar surface area (TPSA) is 87.5 Å². The Morgan fingerprint density at radius 2 is 2.41 bits per heavy atom. The number of H-pyrrole nitrogens is 1. The molecule has 1 saturated heterocycles. The van der Waals surface area contributed by atoms with E-state index in [0.29, 0.717) is 0 Å². The van der Waals surface area contributed by atoms with E-state index in [4.69, 9.17) is 33.7 Å². The van der Waals surface area contributed by atoms with Gasteiger partial charge in [-0.05, 0) is 12.2 Å². The normalized spacial score (nSPS) is 28.5. The third-order valence-corrected chi connectivity index (χ3v) is 3.20. The number of ether oxygens (including phenoxy) is 1. The molecule has 17 heavy (non-hydrogen) atoms. The summed E-state index contributed by atoms with van der Waals surface area (Å²) in [6.45, 7) is -0.276. The van der Waals surface area contributed by atoms with Crippen molar-refractivity contribution in [1.29, 1.82) is 0 Å². The van der Waals surface area contributed by atoms with Crippen molar-refractivity contribution in [3.05, 3.63) is 26.3 Å². The van der Waals surface area contributed by atoms with Crippen molar-refractivity contribution in [2.75, 3.05) is 6.61 Å². The Balaban J connectivity index is 2.34. The number of nitrogens with zero attached hydrogens (tertiary/aromatic N) is 1. The highest BCUT2D eigenvalue weighted by atomic mass is 35.5. The molecule has 2 heterocycles. The summed E-state index contributed by atoms with van der Waals surface area (Å²) >= 11 is 10.7. The zero-order valence-corrected chi connectivity index (χ0v) is 10.2. The van der Waals surface area contributed by atoms with Crippen LogP contribution in [0, 0.1) is 4.77 Å². The predicted molar refractivity (Wildman–Crippen MR) is 62.5 cm³/mol. The van der Waals surface area contributed by atoms with Gasteiger partial charge in [0.2, 0.25) is 0 Å². The Morgan fingerprint density at radius 1 is 1.71 bits per heavy atom. The molecule has 0 unspecified atom stereocenters. The lowest BCUT2D eigenvalue weighted by molar-refractivity contribution is -0.0453. The second kappa shape index (κ2) is 4.87. The molecule has 6 nitrogen and oxygen atoms in total. The maximum Gasteiger partial charge on any atom is 0.270 e. The van der Waals surface area contributed by atoms with Gasteiger partial charge in [0.25, 0.3) is 5.56 Å². The summed E-state index contributed by atoms with van der Waals surface area (Å²) in [5.74, 6) is 0. The van der Waals surface area contributed by atoms with E-state index in [1.165, 1.54) is 10.8 Å². The number of aliphatic hydroxyl groups excluding tert-OH is 2. The van der Waals surface area contributed by atoms with Crippen LogP contribution in [0.15, 0.2) is 11.0 Å². The largest absolute Gasteiger partial charge is 0.394 e. The molecule has 8 heteroatoms. The fourth-order valence-electron chi connectivity index (χ4n) is 1.72. The van der Waals surface area contributed by atoms with Crippen molar-refractivity contribution in [3.8, 4) is 0 Å². The van der Waals surface area contributed by atoms with Crippen LogP contribution in [-0.4, -0.2) is 38.6 Å². The number of aromatic amines is 1. The van der Waals surface area contributed by atoms with E-state index in [1.807, 2.05) is 0 Å². The second-order valence-corrected chi connectivity index (χ2v) is 4.55. The molecule has 1 aromatic heterocycles. The number of aromatic nitrogens is 2. The molecule has 1 aliphatic heterocycles. The second-order valence-electron chi connectivity index (χ2n) is 3.76. The zero-order chi connectivity index (χ0) is 12.6. The fourth-order valence-corrected chi connectivity index (χ4v) is 2.14. The van der Waals surface area contributed by atoms with E-state index >= 15 is 0 Å². The minimum Gasteiger partial charge on any atom is -0.394 e. The standard InChI is InChI=1S/C9H11ClN2O4S/c10-4-2-12(9(17)11-8(4)15)7-1-5(14)6(3-13)16-7/h2,5-7,13-14H,1,3H2,(H,11,15,17)/t5-,6+,7+/m0/s1. The van der Waals surface area contributed by atoms with Crippen LogP contribution in [0.4, 0.5) is 0 Å². The van der Waals surface area contributed by atoms with Crippen LogP contribution in [0.2, 0.25) is 5.02 Å². The number of aliphatic hydroxyl groups is 2. The molecule has 0 aliphatic carbocycles. The van der Waals surface area contributed by atoms with Crippen molar-refractivity contribution in [2.24, 2.45) is 0 Å². The number of hydrogen-bond donors (Lipinski definition) is 3. The van der Waals surface area contributed by atoms with Crippen LogP contribution in [0.1, 0.15) is 12.6 Å². The molecule has 3 atom stereocenters. The van der Waals surface area contributed by atoms with Crippen molar-refractivity contribution in [2.45, 2.75) is 24.9 Å². The summed E-state index contributed by atoms with van der Waals surface area (Å²) < 4.78 is 7.02. The number of hydrogen-bond acceptors (Lipinski definition) is 5.